The minimum atomic E-state index is -4.60. The Morgan fingerprint density at radius 3 is 2.38 bits per heavy atom. The van der Waals surface area contributed by atoms with Gasteiger partial charge in [-0.3, -0.25) is 9.36 Å². The lowest BCUT2D eigenvalue weighted by Gasteiger charge is -2.13. The first-order valence-electron chi connectivity index (χ1n) is 4.54. The molecule has 0 aromatic carbocycles. The number of alkyl halides is 4. The van der Waals surface area contributed by atoms with Crippen LogP contribution in [0.4, 0.5) is 13.2 Å². The molecule has 0 spiro atoms. The average Bonchev–Trinajstić information content (AvgIpc) is 2.20. The van der Waals surface area contributed by atoms with E-state index in [1.54, 1.807) is 6.92 Å². The molecule has 0 amide bonds. The zero-order valence-corrected chi connectivity index (χ0v) is 10.3. The maximum Gasteiger partial charge on any atom is 0.433 e. The number of rotatable bonds is 2. The van der Waals surface area contributed by atoms with Crippen molar-refractivity contribution in [2.75, 3.05) is 0 Å². The highest BCUT2D eigenvalue weighted by atomic mass is 79.9. The molecule has 0 unspecified atom stereocenters. The monoisotopic (exact) mass is 298 g/mol. The van der Waals surface area contributed by atoms with Gasteiger partial charge in [0.25, 0.3) is 5.56 Å². The maximum atomic E-state index is 12.6. The number of hydrogen-bond acceptors (Lipinski definition) is 2. The first kappa shape index (κ1) is 13.2. The van der Waals surface area contributed by atoms with E-state index in [1.807, 2.05) is 0 Å². The lowest BCUT2D eigenvalue weighted by molar-refractivity contribution is -0.142. The van der Waals surface area contributed by atoms with Crippen LogP contribution in [0.5, 0.6) is 0 Å². The number of nitrogens with zero attached hydrogens (tertiary/aromatic N) is 2. The molecular formula is C9H10BrF3N2O. The van der Waals surface area contributed by atoms with Gasteiger partial charge in [-0.25, -0.2) is 4.98 Å². The van der Waals surface area contributed by atoms with Crippen molar-refractivity contribution in [3.8, 4) is 0 Å². The summed E-state index contributed by atoms with van der Waals surface area (Å²) in [6.07, 6.45) is -4.32. The summed E-state index contributed by atoms with van der Waals surface area (Å²) in [6.45, 7) is 1.65. The van der Waals surface area contributed by atoms with Crippen LogP contribution in [0.3, 0.4) is 0 Å². The standard InChI is InChI=1S/C9H10BrF3N2O/c1-3-6-14-7(9(11,12)13)5(4-10)8(16)15(6)2/h3-4H2,1-2H3. The Morgan fingerprint density at radius 1 is 1.44 bits per heavy atom. The van der Waals surface area contributed by atoms with Gasteiger partial charge in [0.15, 0.2) is 5.69 Å². The van der Waals surface area contributed by atoms with Crippen LogP contribution in [0.1, 0.15) is 24.0 Å². The van der Waals surface area contributed by atoms with Crippen molar-refractivity contribution in [1.82, 2.24) is 9.55 Å². The first-order valence-corrected chi connectivity index (χ1v) is 5.67. The fraction of sp³-hybridized carbons (Fsp3) is 0.556. The van der Waals surface area contributed by atoms with Crippen molar-refractivity contribution < 1.29 is 13.2 Å². The van der Waals surface area contributed by atoms with E-state index in [0.717, 1.165) is 4.57 Å². The SMILES string of the molecule is CCc1nc(C(F)(F)F)c(CBr)c(=O)n1C. The second kappa shape index (κ2) is 4.57. The summed E-state index contributed by atoms with van der Waals surface area (Å²) in [5.74, 6) is 0.127. The Hall–Kier alpha value is -0.850. The van der Waals surface area contributed by atoms with Gasteiger partial charge in [0.05, 0.1) is 5.56 Å². The third-order valence-corrected chi connectivity index (χ3v) is 2.76. The number of hydrogen-bond donors (Lipinski definition) is 0. The molecule has 16 heavy (non-hydrogen) atoms. The van der Waals surface area contributed by atoms with E-state index < -0.39 is 17.4 Å². The molecule has 0 atom stereocenters. The van der Waals surface area contributed by atoms with Gasteiger partial charge < -0.3 is 0 Å². The van der Waals surface area contributed by atoms with E-state index in [-0.39, 0.29) is 23.1 Å². The molecule has 0 aliphatic heterocycles. The highest BCUT2D eigenvalue weighted by Gasteiger charge is 2.37. The van der Waals surface area contributed by atoms with Gasteiger partial charge >= 0.3 is 6.18 Å². The molecule has 0 bridgehead atoms. The van der Waals surface area contributed by atoms with Crippen molar-refractivity contribution in [1.29, 1.82) is 0 Å². The maximum absolute atomic E-state index is 12.6. The Kier molecular flexibility index (Phi) is 3.77. The molecule has 3 nitrogen and oxygen atoms in total. The summed E-state index contributed by atoms with van der Waals surface area (Å²) in [6, 6.07) is 0. The van der Waals surface area contributed by atoms with Crippen LogP contribution in [0, 0.1) is 0 Å². The van der Waals surface area contributed by atoms with Crippen molar-refractivity contribution >= 4 is 15.9 Å². The van der Waals surface area contributed by atoms with E-state index in [4.69, 9.17) is 0 Å². The highest BCUT2D eigenvalue weighted by molar-refractivity contribution is 9.08. The Labute approximate surface area is 98.4 Å². The van der Waals surface area contributed by atoms with Crippen molar-refractivity contribution in [3.63, 3.8) is 0 Å². The number of aryl methyl sites for hydroxylation is 1. The summed E-state index contributed by atoms with van der Waals surface area (Å²) in [4.78, 5) is 15.1. The molecular weight excluding hydrogens is 289 g/mol. The molecule has 1 aromatic rings. The van der Waals surface area contributed by atoms with Crippen LogP contribution in [0.25, 0.3) is 0 Å². The highest BCUT2D eigenvalue weighted by Crippen LogP contribution is 2.30. The van der Waals surface area contributed by atoms with Crippen LogP contribution >= 0.6 is 15.9 Å². The second-order valence-corrected chi connectivity index (χ2v) is 3.77. The predicted molar refractivity (Wildman–Crippen MR) is 56.5 cm³/mol. The smallest absolute Gasteiger partial charge is 0.300 e. The van der Waals surface area contributed by atoms with E-state index in [1.165, 1.54) is 7.05 Å². The molecule has 1 aromatic heterocycles. The molecule has 0 radical (unpaired) electrons. The first-order chi connectivity index (χ1) is 7.32. The zero-order valence-electron chi connectivity index (χ0n) is 8.73. The fourth-order valence-electron chi connectivity index (χ4n) is 1.36. The van der Waals surface area contributed by atoms with Crippen LogP contribution in [-0.4, -0.2) is 9.55 Å². The van der Waals surface area contributed by atoms with Crippen LogP contribution in [-0.2, 0) is 25.0 Å². The number of halogens is 4. The van der Waals surface area contributed by atoms with Gasteiger partial charge in [-0.05, 0) is 0 Å². The Morgan fingerprint density at radius 2 is 2.00 bits per heavy atom. The van der Waals surface area contributed by atoms with Crippen molar-refractivity contribution in [2.45, 2.75) is 24.9 Å². The third-order valence-electron chi connectivity index (χ3n) is 2.20. The Balaban J connectivity index is 3.61. The van der Waals surface area contributed by atoms with Gasteiger partial charge in [0.1, 0.15) is 5.82 Å². The molecule has 0 aliphatic rings. The molecule has 1 rings (SSSR count). The van der Waals surface area contributed by atoms with Gasteiger partial charge in [-0.1, -0.05) is 22.9 Å². The quantitative estimate of drug-likeness (QED) is 0.785. The fourth-order valence-corrected chi connectivity index (χ4v) is 1.87. The molecule has 0 saturated carbocycles. The molecule has 0 aliphatic carbocycles. The predicted octanol–water partition coefficient (Wildman–Crippen LogP) is 2.26. The van der Waals surface area contributed by atoms with Crippen molar-refractivity contribution in [2.24, 2.45) is 7.05 Å². The van der Waals surface area contributed by atoms with Crippen LogP contribution in [0.15, 0.2) is 4.79 Å². The molecule has 7 heteroatoms. The molecule has 1 heterocycles. The summed E-state index contributed by atoms with van der Waals surface area (Å²) < 4.78 is 39.0. The minimum Gasteiger partial charge on any atom is -0.300 e. The largest absolute Gasteiger partial charge is 0.433 e. The lowest BCUT2D eigenvalue weighted by atomic mass is 10.2. The molecule has 0 N–H and O–H groups in total. The van der Waals surface area contributed by atoms with Crippen LogP contribution in [0.2, 0.25) is 0 Å². The minimum absolute atomic E-state index is 0.127. The topological polar surface area (TPSA) is 34.9 Å². The summed E-state index contributed by atoms with van der Waals surface area (Å²) in [5.41, 5.74) is -2.10. The average molecular weight is 299 g/mol. The lowest BCUT2D eigenvalue weighted by Crippen LogP contribution is -2.30. The van der Waals surface area contributed by atoms with Crippen molar-refractivity contribution in [3.05, 3.63) is 27.4 Å². The van der Waals surface area contributed by atoms with E-state index in [0.29, 0.717) is 0 Å². The van der Waals surface area contributed by atoms with Crippen LogP contribution < -0.4 is 5.56 Å². The van der Waals surface area contributed by atoms with Gasteiger partial charge in [-0.15, -0.1) is 0 Å². The zero-order chi connectivity index (χ0) is 12.5. The molecule has 0 fully saturated rings. The third kappa shape index (κ3) is 2.28. The van der Waals surface area contributed by atoms with Gasteiger partial charge in [0.2, 0.25) is 0 Å². The van der Waals surface area contributed by atoms with E-state index >= 15 is 0 Å². The summed E-state index contributed by atoms with van der Waals surface area (Å²) in [7, 11) is 1.42. The second-order valence-electron chi connectivity index (χ2n) is 3.20. The van der Waals surface area contributed by atoms with E-state index in [9.17, 15) is 18.0 Å². The van der Waals surface area contributed by atoms with Gasteiger partial charge in [0, 0.05) is 18.8 Å². The Bertz CT molecular complexity index is 453. The summed E-state index contributed by atoms with van der Waals surface area (Å²) in [5, 5.41) is -0.161. The number of aromatic nitrogens is 2. The molecule has 90 valence electrons. The van der Waals surface area contributed by atoms with E-state index in [2.05, 4.69) is 20.9 Å². The normalized spacial score (nSPS) is 11.9. The van der Waals surface area contributed by atoms with Gasteiger partial charge in [-0.2, -0.15) is 13.2 Å². The molecule has 0 saturated heterocycles. The summed E-state index contributed by atoms with van der Waals surface area (Å²) >= 11 is 2.88.